The normalized spacial score (nSPS) is 21.1. The number of methoxy groups -OCH3 is 1. The number of ether oxygens (including phenoxy) is 1. The third kappa shape index (κ3) is 1.73. The predicted octanol–water partition coefficient (Wildman–Crippen LogP) is 1.91. The van der Waals surface area contributed by atoms with Gasteiger partial charge in [0.15, 0.2) is 11.6 Å². The summed E-state index contributed by atoms with van der Waals surface area (Å²) in [5, 5.41) is 3.27. The minimum Gasteiger partial charge on any atom is -0.494 e. The maximum atomic E-state index is 13.4. The largest absolute Gasteiger partial charge is 0.494 e. The Morgan fingerprint density at radius 3 is 2.93 bits per heavy atom. The van der Waals surface area contributed by atoms with E-state index in [-0.39, 0.29) is 5.82 Å². The van der Waals surface area contributed by atoms with Crippen LogP contribution in [0.5, 0.6) is 5.75 Å². The van der Waals surface area contributed by atoms with Gasteiger partial charge in [0.2, 0.25) is 0 Å². The SMILES string of the molecule is COc1ccc([C@@H]2CCNC2)cc1F. The van der Waals surface area contributed by atoms with E-state index >= 15 is 0 Å². The Morgan fingerprint density at radius 2 is 2.36 bits per heavy atom. The molecule has 1 aromatic rings. The Bertz CT molecular complexity index is 321. The number of nitrogens with one attached hydrogen (secondary N) is 1. The molecule has 0 aliphatic carbocycles. The van der Waals surface area contributed by atoms with Gasteiger partial charge in [-0.3, -0.25) is 0 Å². The van der Waals surface area contributed by atoms with Gasteiger partial charge in [-0.15, -0.1) is 0 Å². The number of halogens is 1. The molecule has 0 aromatic heterocycles. The van der Waals surface area contributed by atoms with Crippen LogP contribution in [0.3, 0.4) is 0 Å². The molecule has 0 unspecified atom stereocenters. The molecular formula is C11H14FNO. The summed E-state index contributed by atoms with van der Waals surface area (Å²) in [5.74, 6) is 0.506. The minimum absolute atomic E-state index is 0.267. The lowest BCUT2D eigenvalue weighted by Gasteiger charge is -2.10. The third-order valence-corrected chi connectivity index (χ3v) is 2.71. The average molecular weight is 195 g/mol. The molecule has 76 valence electrons. The first-order chi connectivity index (χ1) is 6.81. The van der Waals surface area contributed by atoms with Gasteiger partial charge in [-0.1, -0.05) is 6.07 Å². The average Bonchev–Trinajstić information content (AvgIpc) is 2.70. The van der Waals surface area contributed by atoms with Gasteiger partial charge in [0.1, 0.15) is 0 Å². The van der Waals surface area contributed by atoms with Crippen molar-refractivity contribution in [1.29, 1.82) is 0 Å². The first-order valence-electron chi connectivity index (χ1n) is 4.85. The van der Waals surface area contributed by atoms with Crippen molar-refractivity contribution < 1.29 is 9.13 Å². The fourth-order valence-electron chi connectivity index (χ4n) is 1.88. The Morgan fingerprint density at radius 1 is 1.50 bits per heavy atom. The number of hydrogen-bond donors (Lipinski definition) is 1. The zero-order valence-corrected chi connectivity index (χ0v) is 8.22. The van der Waals surface area contributed by atoms with E-state index < -0.39 is 0 Å². The van der Waals surface area contributed by atoms with Crippen molar-refractivity contribution in [2.75, 3.05) is 20.2 Å². The van der Waals surface area contributed by atoms with Gasteiger partial charge in [-0.25, -0.2) is 4.39 Å². The predicted molar refractivity (Wildman–Crippen MR) is 53.2 cm³/mol. The van der Waals surface area contributed by atoms with Crippen LogP contribution in [0.1, 0.15) is 17.9 Å². The molecule has 0 spiro atoms. The molecule has 0 bridgehead atoms. The van der Waals surface area contributed by atoms with Gasteiger partial charge in [-0.05, 0) is 36.6 Å². The Labute approximate surface area is 83.1 Å². The number of hydrogen-bond acceptors (Lipinski definition) is 2. The van der Waals surface area contributed by atoms with Crippen LogP contribution in [0.25, 0.3) is 0 Å². The summed E-state index contributed by atoms with van der Waals surface area (Å²) in [6, 6.07) is 5.22. The fourth-order valence-corrected chi connectivity index (χ4v) is 1.88. The number of benzene rings is 1. The van der Waals surface area contributed by atoms with Crippen LogP contribution in [0.2, 0.25) is 0 Å². The van der Waals surface area contributed by atoms with Crippen LogP contribution in [0.4, 0.5) is 4.39 Å². The second-order valence-electron chi connectivity index (χ2n) is 3.58. The van der Waals surface area contributed by atoms with Gasteiger partial charge in [0.05, 0.1) is 7.11 Å². The molecule has 1 fully saturated rings. The van der Waals surface area contributed by atoms with Crippen LogP contribution < -0.4 is 10.1 Å². The fraction of sp³-hybridized carbons (Fsp3) is 0.455. The van der Waals surface area contributed by atoms with Crippen LogP contribution in [-0.4, -0.2) is 20.2 Å². The zero-order valence-electron chi connectivity index (χ0n) is 8.22. The zero-order chi connectivity index (χ0) is 9.97. The molecule has 1 aliphatic heterocycles. The molecule has 3 heteroatoms. The van der Waals surface area contributed by atoms with Crippen molar-refractivity contribution in [3.8, 4) is 5.75 Å². The van der Waals surface area contributed by atoms with Crippen LogP contribution >= 0.6 is 0 Å². The highest BCUT2D eigenvalue weighted by atomic mass is 19.1. The van der Waals surface area contributed by atoms with Crippen LogP contribution in [0.15, 0.2) is 18.2 Å². The van der Waals surface area contributed by atoms with E-state index in [1.807, 2.05) is 6.07 Å². The van der Waals surface area contributed by atoms with Crippen molar-refractivity contribution in [3.63, 3.8) is 0 Å². The first-order valence-corrected chi connectivity index (χ1v) is 4.85. The quantitative estimate of drug-likeness (QED) is 0.778. The monoisotopic (exact) mass is 195 g/mol. The standard InChI is InChI=1S/C11H14FNO/c1-14-11-3-2-8(6-10(11)12)9-4-5-13-7-9/h2-3,6,9,13H,4-5,7H2,1H3/t9-/m1/s1. The molecule has 0 saturated carbocycles. The minimum atomic E-state index is -0.267. The molecule has 0 radical (unpaired) electrons. The lowest BCUT2D eigenvalue weighted by Crippen LogP contribution is -2.08. The highest BCUT2D eigenvalue weighted by Crippen LogP contribution is 2.26. The molecule has 1 atom stereocenters. The van der Waals surface area contributed by atoms with Gasteiger partial charge in [0, 0.05) is 6.54 Å². The maximum Gasteiger partial charge on any atom is 0.165 e. The Hall–Kier alpha value is -1.09. The van der Waals surface area contributed by atoms with Crippen molar-refractivity contribution in [2.24, 2.45) is 0 Å². The molecule has 0 amide bonds. The van der Waals surface area contributed by atoms with Gasteiger partial charge in [0.25, 0.3) is 0 Å². The van der Waals surface area contributed by atoms with Crippen molar-refractivity contribution in [3.05, 3.63) is 29.6 Å². The van der Waals surface area contributed by atoms with E-state index in [0.29, 0.717) is 11.7 Å². The molecule has 1 N–H and O–H groups in total. The number of rotatable bonds is 2. The molecule has 2 rings (SSSR count). The molecule has 2 nitrogen and oxygen atoms in total. The molecule has 1 aromatic carbocycles. The summed E-state index contributed by atoms with van der Waals surface area (Å²) in [5.41, 5.74) is 1.06. The summed E-state index contributed by atoms with van der Waals surface area (Å²) >= 11 is 0. The molecule has 14 heavy (non-hydrogen) atoms. The Balaban J connectivity index is 2.23. The summed E-state index contributed by atoms with van der Waals surface area (Å²) in [6.45, 7) is 1.98. The van der Waals surface area contributed by atoms with Crippen LogP contribution in [-0.2, 0) is 0 Å². The molecule has 1 aliphatic rings. The van der Waals surface area contributed by atoms with Crippen LogP contribution in [0, 0.1) is 5.82 Å². The van der Waals surface area contributed by atoms with E-state index in [1.165, 1.54) is 7.11 Å². The molecule has 1 saturated heterocycles. The van der Waals surface area contributed by atoms with E-state index in [0.717, 1.165) is 25.1 Å². The first kappa shape index (κ1) is 9.46. The highest BCUT2D eigenvalue weighted by molar-refractivity contribution is 5.31. The van der Waals surface area contributed by atoms with Gasteiger partial charge in [-0.2, -0.15) is 0 Å². The second kappa shape index (κ2) is 3.96. The van der Waals surface area contributed by atoms with Gasteiger partial charge >= 0.3 is 0 Å². The molecular weight excluding hydrogens is 181 g/mol. The maximum absolute atomic E-state index is 13.4. The smallest absolute Gasteiger partial charge is 0.165 e. The van der Waals surface area contributed by atoms with Gasteiger partial charge < -0.3 is 10.1 Å². The van der Waals surface area contributed by atoms with E-state index in [2.05, 4.69) is 5.32 Å². The highest BCUT2D eigenvalue weighted by Gasteiger charge is 2.17. The lowest BCUT2D eigenvalue weighted by atomic mass is 9.98. The third-order valence-electron chi connectivity index (χ3n) is 2.71. The topological polar surface area (TPSA) is 21.3 Å². The summed E-state index contributed by atoms with van der Waals surface area (Å²) in [4.78, 5) is 0. The molecule has 1 heterocycles. The van der Waals surface area contributed by atoms with E-state index in [1.54, 1.807) is 12.1 Å². The Kier molecular flexibility index (Phi) is 2.68. The van der Waals surface area contributed by atoms with E-state index in [9.17, 15) is 4.39 Å². The van der Waals surface area contributed by atoms with Crippen molar-refractivity contribution >= 4 is 0 Å². The van der Waals surface area contributed by atoms with Crippen molar-refractivity contribution in [1.82, 2.24) is 5.32 Å². The van der Waals surface area contributed by atoms with Crippen molar-refractivity contribution in [2.45, 2.75) is 12.3 Å². The van der Waals surface area contributed by atoms with E-state index in [4.69, 9.17) is 4.74 Å². The second-order valence-corrected chi connectivity index (χ2v) is 3.58. The summed E-state index contributed by atoms with van der Waals surface area (Å²) < 4.78 is 18.2. The summed E-state index contributed by atoms with van der Waals surface area (Å²) in [7, 11) is 1.48. The summed E-state index contributed by atoms with van der Waals surface area (Å²) in [6.07, 6.45) is 1.09. The lowest BCUT2D eigenvalue weighted by molar-refractivity contribution is 0.386.